The molecule has 3 heterocycles. The van der Waals surface area contributed by atoms with E-state index in [1.807, 2.05) is 6.92 Å². The smallest absolute Gasteiger partial charge is 0.220 e. The zero-order valence-electron chi connectivity index (χ0n) is 15.8. The molecule has 2 aliphatic heterocycles. The van der Waals surface area contributed by atoms with Crippen molar-refractivity contribution in [1.82, 2.24) is 19.7 Å². The van der Waals surface area contributed by atoms with E-state index in [1.165, 1.54) is 10.6 Å². The van der Waals surface area contributed by atoms with Crippen LogP contribution in [0.2, 0.25) is 0 Å². The lowest BCUT2D eigenvalue weighted by atomic mass is 10.0. The molecule has 0 unspecified atom stereocenters. The van der Waals surface area contributed by atoms with Crippen LogP contribution in [-0.2, 0) is 20.5 Å². The van der Waals surface area contributed by atoms with E-state index in [4.69, 9.17) is 14.3 Å². The SMILES string of the molecule is CCNC(=NCC1CCOCC1)N1CCN(S(=O)(=O)Cc2ccon2)CC1. The van der Waals surface area contributed by atoms with E-state index < -0.39 is 10.0 Å². The number of rotatable bonds is 6. The number of piperazine rings is 1. The molecule has 3 rings (SSSR count). The maximum atomic E-state index is 12.6. The molecule has 0 spiro atoms. The van der Waals surface area contributed by atoms with Crippen molar-refractivity contribution < 1.29 is 17.7 Å². The van der Waals surface area contributed by atoms with Gasteiger partial charge in [0.1, 0.15) is 12.0 Å². The van der Waals surface area contributed by atoms with Crippen LogP contribution >= 0.6 is 0 Å². The second kappa shape index (κ2) is 9.52. The van der Waals surface area contributed by atoms with Crippen molar-refractivity contribution in [3.8, 4) is 0 Å². The Morgan fingerprint density at radius 3 is 2.67 bits per heavy atom. The number of guanidine groups is 1. The highest BCUT2D eigenvalue weighted by Gasteiger charge is 2.29. The molecule has 1 N–H and O–H groups in total. The lowest BCUT2D eigenvalue weighted by molar-refractivity contribution is 0.0688. The quantitative estimate of drug-likeness (QED) is 0.550. The first-order valence-electron chi connectivity index (χ1n) is 9.56. The third kappa shape index (κ3) is 5.66. The minimum absolute atomic E-state index is 0.124. The van der Waals surface area contributed by atoms with Gasteiger partial charge in [-0.25, -0.2) is 8.42 Å². The topological polar surface area (TPSA) is 100 Å². The number of aliphatic imine (C=N–C) groups is 1. The van der Waals surface area contributed by atoms with E-state index in [1.54, 1.807) is 6.07 Å². The van der Waals surface area contributed by atoms with E-state index >= 15 is 0 Å². The van der Waals surface area contributed by atoms with Crippen LogP contribution in [0.3, 0.4) is 0 Å². The molecule has 0 amide bonds. The molecule has 9 nitrogen and oxygen atoms in total. The lowest BCUT2D eigenvalue weighted by Gasteiger charge is -2.36. The highest BCUT2D eigenvalue weighted by Crippen LogP contribution is 2.16. The average Bonchev–Trinajstić information content (AvgIpc) is 3.18. The van der Waals surface area contributed by atoms with Gasteiger partial charge in [0.05, 0.1) is 5.69 Å². The zero-order chi connectivity index (χ0) is 19.1. The first-order chi connectivity index (χ1) is 13.1. The molecule has 2 fully saturated rings. The summed E-state index contributed by atoms with van der Waals surface area (Å²) in [5, 5.41) is 7.04. The molecule has 0 radical (unpaired) electrons. The van der Waals surface area contributed by atoms with Gasteiger partial charge in [0.15, 0.2) is 5.96 Å². The highest BCUT2D eigenvalue weighted by atomic mass is 32.2. The monoisotopic (exact) mass is 399 g/mol. The fourth-order valence-corrected chi connectivity index (χ4v) is 4.76. The molecule has 2 aliphatic rings. The summed E-state index contributed by atoms with van der Waals surface area (Å²) in [6.07, 6.45) is 3.49. The van der Waals surface area contributed by atoms with Gasteiger partial charge in [0.2, 0.25) is 10.0 Å². The molecule has 0 aliphatic carbocycles. The van der Waals surface area contributed by atoms with E-state index in [0.717, 1.165) is 45.1 Å². The molecule has 27 heavy (non-hydrogen) atoms. The van der Waals surface area contributed by atoms with E-state index in [9.17, 15) is 8.42 Å². The van der Waals surface area contributed by atoms with E-state index in [0.29, 0.717) is 37.8 Å². The number of nitrogens with zero attached hydrogens (tertiary/aromatic N) is 4. The molecule has 0 atom stereocenters. The highest BCUT2D eigenvalue weighted by molar-refractivity contribution is 7.88. The average molecular weight is 400 g/mol. The van der Waals surface area contributed by atoms with Gasteiger partial charge in [-0.15, -0.1) is 0 Å². The van der Waals surface area contributed by atoms with Crippen molar-refractivity contribution in [1.29, 1.82) is 0 Å². The molecule has 1 aromatic rings. The van der Waals surface area contributed by atoms with Crippen LogP contribution in [0, 0.1) is 5.92 Å². The molecular weight excluding hydrogens is 370 g/mol. The third-order valence-corrected chi connectivity index (χ3v) is 6.74. The Hall–Kier alpha value is -1.65. The Morgan fingerprint density at radius 2 is 2.04 bits per heavy atom. The van der Waals surface area contributed by atoms with Gasteiger partial charge < -0.3 is 19.5 Å². The van der Waals surface area contributed by atoms with Crippen LogP contribution < -0.4 is 5.32 Å². The largest absolute Gasteiger partial charge is 0.381 e. The molecule has 0 aromatic carbocycles. The van der Waals surface area contributed by atoms with Crippen LogP contribution in [-0.4, -0.2) is 81.2 Å². The first kappa shape index (κ1) is 20.1. The Labute approximate surface area is 160 Å². The molecule has 152 valence electrons. The van der Waals surface area contributed by atoms with Gasteiger partial charge in [-0.3, -0.25) is 4.99 Å². The predicted molar refractivity (Wildman–Crippen MR) is 102 cm³/mol. The molecule has 10 heteroatoms. The Kier molecular flexibility index (Phi) is 7.08. The third-order valence-electron chi connectivity index (χ3n) is 4.93. The van der Waals surface area contributed by atoms with E-state index in [2.05, 4.69) is 15.4 Å². The molecular formula is C17H29N5O4S. The van der Waals surface area contributed by atoms with Crippen molar-refractivity contribution >= 4 is 16.0 Å². The molecule has 0 bridgehead atoms. The summed E-state index contributed by atoms with van der Waals surface area (Å²) in [5.41, 5.74) is 0.434. The van der Waals surface area contributed by atoms with Crippen molar-refractivity contribution in [2.24, 2.45) is 10.9 Å². The second-order valence-corrected chi connectivity index (χ2v) is 8.85. The number of hydrogen-bond donors (Lipinski definition) is 1. The van der Waals surface area contributed by atoms with Crippen LogP contribution in [0.5, 0.6) is 0 Å². The summed E-state index contributed by atoms with van der Waals surface area (Å²) in [5.74, 6) is 1.32. The van der Waals surface area contributed by atoms with Crippen LogP contribution in [0.4, 0.5) is 0 Å². The summed E-state index contributed by atoms with van der Waals surface area (Å²) in [4.78, 5) is 6.94. The fourth-order valence-electron chi connectivity index (χ4n) is 3.34. The minimum Gasteiger partial charge on any atom is -0.381 e. The summed E-state index contributed by atoms with van der Waals surface area (Å²) in [6.45, 7) is 7.40. The Bertz CT molecular complexity index is 693. The van der Waals surface area contributed by atoms with Gasteiger partial charge in [-0.2, -0.15) is 4.31 Å². The van der Waals surface area contributed by atoms with Gasteiger partial charge in [0, 0.05) is 58.5 Å². The van der Waals surface area contributed by atoms with Crippen LogP contribution in [0.25, 0.3) is 0 Å². The van der Waals surface area contributed by atoms with Crippen molar-refractivity contribution in [2.45, 2.75) is 25.5 Å². The minimum atomic E-state index is -3.39. The Morgan fingerprint density at radius 1 is 1.30 bits per heavy atom. The van der Waals surface area contributed by atoms with Gasteiger partial charge >= 0.3 is 0 Å². The summed E-state index contributed by atoms with van der Waals surface area (Å²) < 4.78 is 36.8. The number of hydrogen-bond acceptors (Lipinski definition) is 6. The number of ether oxygens (including phenoxy) is 1. The molecule has 2 saturated heterocycles. The second-order valence-electron chi connectivity index (χ2n) is 6.88. The number of nitrogens with one attached hydrogen (secondary N) is 1. The van der Waals surface area contributed by atoms with Gasteiger partial charge in [-0.1, -0.05) is 5.16 Å². The fraction of sp³-hybridized carbons (Fsp3) is 0.765. The van der Waals surface area contributed by atoms with Gasteiger partial charge in [-0.05, 0) is 25.7 Å². The zero-order valence-corrected chi connectivity index (χ0v) is 16.7. The number of aromatic nitrogens is 1. The number of sulfonamides is 1. The summed E-state index contributed by atoms with van der Waals surface area (Å²) in [7, 11) is -3.39. The lowest BCUT2D eigenvalue weighted by Crippen LogP contribution is -2.54. The first-order valence-corrected chi connectivity index (χ1v) is 11.2. The van der Waals surface area contributed by atoms with E-state index in [-0.39, 0.29) is 5.75 Å². The Balaban J connectivity index is 1.55. The molecule has 0 saturated carbocycles. The molecule has 1 aromatic heterocycles. The maximum absolute atomic E-state index is 12.6. The maximum Gasteiger partial charge on any atom is 0.220 e. The van der Waals surface area contributed by atoms with Crippen LogP contribution in [0.15, 0.2) is 21.8 Å². The summed E-state index contributed by atoms with van der Waals surface area (Å²) >= 11 is 0. The standard InChI is InChI=1S/C17H29N5O4S/c1-2-18-17(19-13-15-3-10-25-11-4-15)21-6-8-22(9-7-21)27(23,24)14-16-5-12-26-20-16/h5,12,15H,2-4,6-11,13-14H2,1H3,(H,18,19). The van der Waals surface area contributed by atoms with Crippen molar-refractivity contribution in [3.63, 3.8) is 0 Å². The van der Waals surface area contributed by atoms with Crippen molar-refractivity contribution in [3.05, 3.63) is 18.0 Å². The summed E-state index contributed by atoms with van der Waals surface area (Å²) in [6, 6.07) is 1.58. The predicted octanol–water partition coefficient (Wildman–Crippen LogP) is 0.514. The van der Waals surface area contributed by atoms with Gasteiger partial charge in [0.25, 0.3) is 0 Å². The van der Waals surface area contributed by atoms with Crippen molar-refractivity contribution in [2.75, 3.05) is 52.5 Å². The van der Waals surface area contributed by atoms with Crippen LogP contribution in [0.1, 0.15) is 25.5 Å². The normalized spacial score (nSPS) is 20.8.